The molecule has 2 aliphatic rings. The second-order valence-corrected chi connectivity index (χ2v) is 7.20. The molecule has 0 radical (unpaired) electrons. The molecule has 7 heteroatoms. The summed E-state index contributed by atoms with van der Waals surface area (Å²) >= 11 is 0. The highest BCUT2D eigenvalue weighted by atomic mass is 19.1. The number of hydrogen-bond acceptors (Lipinski definition) is 5. The minimum atomic E-state index is -2.68. The second-order valence-electron chi connectivity index (χ2n) is 7.20. The van der Waals surface area contributed by atoms with Crippen LogP contribution in [0.3, 0.4) is 0 Å². The van der Waals surface area contributed by atoms with E-state index in [1.807, 2.05) is 0 Å². The number of aliphatic hydroxyl groups excluding tert-OH is 2. The normalized spacial score (nSPS) is 25.7. The lowest BCUT2D eigenvalue weighted by molar-refractivity contribution is 0.00892. The predicted molar refractivity (Wildman–Crippen MR) is 103 cm³/mol. The molecule has 0 aliphatic carbocycles. The van der Waals surface area contributed by atoms with Gasteiger partial charge in [0.25, 0.3) is 0 Å². The first-order valence-corrected chi connectivity index (χ1v) is 9.52. The largest absolute Gasteiger partial charge is 0.487 e. The average Bonchev–Trinajstić information content (AvgIpc) is 2.76. The Morgan fingerprint density at radius 1 is 0.897 bits per heavy atom. The molecule has 0 aromatic heterocycles. The van der Waals surface area contributed by atoms with E-state index in [1.165, 1.54) is 36.4 Å². The van der Waals surface area contributed by atoms with Crippen LogP contribution in [-0.4, -0.2) is 47.6 Å². The molecule has 0 saturated heterocycles. The molecule has 0 amide bonds. The number of benzene rings is 2. The van der Waals surface area contributed by atoms with Crippen molar-refractivity contribution in [2.75, 3.05) is 13.0 Å². The number of hydrogen-bond donors (Lipinski definition) is 3. The van der Waals surface area contributed by atoms with Gasteiger partial charge in [0.2, 0.25) is 0 Å². The Labute approximate surface area is 173 Å². The minimum absolute atomic E-state index is 0.198. The third kappa shape index (κ3) is 4.69. The predicted octanol–water partition coefficient (Wildman–Crippen LogP) is 2.36. The molecular weight excluding hydrogens is 380 g/mol. The third-order valence-corrected chi connectivity index (χ3v) is 5.14. The molecule has 2 aromatic carbocycles. The van der Waals surface area contributed by atoms with Crippen molar-refractivity contribution in [3.8, 4) is 11.5 Å². The van der Waals surface area contributed by atoms with Crippen molar-refractivity contribution in [3.63, 3.8) is 0 Å². The molecule has 0 bridgehead atoms. The van der Waals surface area contributed by atoms with Crippen LogP contribution in [0.25, 0.3) is 0 Å². The van der Waals surface area contributed by atoms with Gasteiger partial charge < -0.3 is 25.0 Å². The van der Waals surface area contributed by atoms with Crippen molar-refractivity contribution >= 4 is 0 Å². The van der Waals surface area contributed by atoms with Crippen LogP contribution in [0.2, 0.25) is 0 Å². The lowest BCUT2D eigenvalue weighted by atomic mass is 9.98. The maximum Gasteiger partial charge on any atom is 0.126 e. The van der Waals surface area contributed by atoms with E-state index in [-0.39, 0.29) is 12.8 Å². The minimum Gasteiger partial charge on any atom is -0.487 e. The van der Waals surface area contributed by atoms with E-state index in [1.54, 1.807) is 0 Å². The number of nitrogens with one attached hydrogen (secondary N) is 1. The SMILES string of the molecule is [2H]C([2H])(NC([2H])([2H])[C@@H](O)[C@H]1CCc2cc(F)ccc2O1)C(O)[C@@H]1CCc2cc(F)ccc2O1. The summed E-state index contributed by atoms with van der Waals surface area (Å²) in [5, 5.41) is 23.4. The zero-order valence-electron chi connectivity index (χ0n) is 19.6. The number of fused-ring (bicyclic) bond motifs is 2. The molecule has 0 saturated carbocycles. The first kappa shape index (κ1) is 15.6. The van der Waals surface area contributed by atoms with E-state index < -0.39 is 49.0 Å². The highest BCUT2D eigenvalue weighted by molar-refractivity contribution is 5.36. The zero-order valence-corrected chi connectivity index (χ0v) is 15.6. The van der Waals surface area contributed by atoms with Crippen LogP contribution in [0.4, 0.5) is 8.78 Å². The molecule has 0 fully saturated rings. The molecule has 2 aliphatic heterocycles. The highest BCUT2D eigenvalue weighted by Crippen LogP contribution is 2.30. The Bertz CT molecular complexity index is 946. The summed E-state index contributed by atoms with van der Waals surface area (Å²) in [6.45, 7) is -5.36. The van der Waals surface area contributed by atoms with Crippen molar-refractivity contribution in [2.24, 2.45) is 0 Å². The van der Waals surface area contributed by atoms with Gasteiger partial charge in [-0.25, -0.2) is 8.78 Å². The molecule has 3 N–H and O–H groups in total. The first-order valence-electron chi connectivity index (χ1n) is 11.5. The van der Waals surface area contributed by atoms with Crippen molar-refractivity contribution < 1.29 is 34.0 Å². The van der Waals surface area contributed by atoms with Crippen LogP contribution in [0.1, 0.15) is 29.5 Å². The van der Waals surface area contributed by atoms with Crippen molar-refractivity contribution in [1.82, 2.24) is 5.32 Å². The summed E-state index contributed by atoms with van der Waals surface area (Å²) in [5.74, 6) is -0.186. The van der Waals surface area contributed by atoms with Crippen LogP contribution in [0.5, 0.6) is 11.5 Å². The number of rotatable bonds is 6. The number of halogens is 2. The van der Waals surface area contributed by atoms with Gasteiger partial charge in [-0.1, -0.05) is 0 Å². The van der Waals surface area contributed by atoms with Crippen LogP contribution in [0, 0.1) is 11.6 Å². The van der Waals surface area contributed by atoms with Crippen LogP contribution in [-0.2, 0) is 12.8 Å². The lowest BCUT2D eigenvalue weighted by Crippen LogP contribution is -2.46. The Balaban J connectivity index is 1.43. The highest BCUT2D eigenvalue weighted by Gasteiger charge is 2.29. The smallest absolute Gasteiger partial charge is 0.126 e. The number of ether oxygens (including phenoxy) is 2. The summed E-state index contributed by atoms with van der Waals surface area (Å²) in [7, 11) is 0. The maximum atomic E-state index is 13.4. The number of aliphatic hydroxyl groups is 2. The maximum absolute atomic E-state index is 13.4. The van der Waals surface area contributed by atoms with Crippen LogP contribution >= 0.6 is 0 Å². The van der Waals surface area contributed by atoms with Crippen molar-refractivity contribution in [1.29, 1.82) is 0 Å². The third-order valence-electron chi connectivity index (χ3n) is 5.14. The summed E-state index contributed by atoms with van der Waals surface area (Å²) < 4.78 is 70.9. The van der Waals surface area contributed by atoms with Crippen molar-refractivity contribution in [3.05, 3.63) is 59.2 Å². The van der Waals surface area contributed by atoms with Gasteiger partial charge in [-0.3, -0.25) is 0 Å². The summed E-state index contributed by atoms with van der Waals surface area (Å²) in [5.41, 5.74) is 1.21. The Hall–Kier alpha value is -2.22. The van der Waals surface area contributed by atoms with Gasteiger partial charge in [-0.05, 0) is 73.2 Å². The Morgan fingerprint density at radius 2 is 1.34 bits per heavy atom. The fourth-order valence-corrected chi connectivity index (χ4v) is 3.58. The molecule has 2 aromatic rings. The molecular formula is C22H25F2NO4. The Kier molecular flexibility index (Phi) is 4.65. The van der Waals surface area contributed by atoms with E-state index in [4.69, 9.17) is 15.0 Å². The van der Waals surface area contributed by atoms with Gasteiger partial charge in [0.05, 0.1) is 0 Å². The van der Waals surface area contributed by atoms with Crippen LogP contribution < -0.4 is 14.8 Å². The second kappa shape index (κ2) is 8.65. The standard InChI is InChI=1S/C22H25F2NO4/c23-15-3-7-19-13(9-15)1-5-21(28-19)17(26)11-25-12-18(27)22-6-2-14-10-16(24)4-8-20(14)29-22/h3-4,7-10,17-18,21-22,25-27H,1-2,5-6,11-12H2/t17-,18?,21-,22+/m1/s1/i11D2,12D2. The van der Waals surface area contributed by atoms with Gasteiger partial charge >= 0.3 is 0 Å². The summed E-state index contributed by atoms with van der Waals surface area (Å²) in [4.78, 5) is 0. The molecule has 2 heterocycles. The van der Waals surface area contributed by atoms with Gasteiger partial charge in [-0.15, -0.1) is 0 Å². The zero-order chi connectivity index (χ0) is 24.0. The number of aryl methyl sites for hydroxylation is 2. The molecule has 5 nitrogen and oxygen atoms in total. The summed E-state index contributed by atoms with van der Waals surface area (Å²) in [6.07, 6.45) is -4.47. The molecule has 156 valence electrons. The van der Waals surface area contributed by atoms with Gasteiger partial charge in [0.1, 0.15) is 47.5 Å². The fourth-order valence-electron chi connectivity index (χ4n) is 3.58. The molecule has 0 spiro atoms. The van der Waals surface area contributed by atoms with Crippen LogP contribution in [0.15, 0.2) is 36.4 Å². The van der Waals surface area contributed by atoms with Crippen molar-refractivity contribution in [2.45, 2.75) is 50.1 Å². The van der Waals surface area contributed by atoms with E-state index >= 15 is 0 Å². The monoisotopic (exact) mass is 409 g/mol. The summed E-state index contributed by atoms with van der Waals surface area (Å²) in [6, 6.07) is 7.84. The molecule has 29 heavy (non-hydrogen) atoms. The molecule has 1 unspecified atom stereocenters. The van der Waals surface area contributed by atoms with Gasteiger partial charge in [0, 0.05) is 18.5 Å². The van der Waals surface area contributed by atoms with E-state index in [0.29, 0.717) is 35.5 Å². The fraction of sp³-hybridized carbons (Fsp3) is 0.455. The van der Waals surface area contributed by atoms with E-state index in [9.17, 15) is 19.0 Å². The average molecular weight is 409 g/mol. The molecule has 4 rings (SSSR count). The van der Waals surface area contributed by atoms with Gasteiger partial charge in [-0.2, -0.15) is 0 Å². The molecule has 4 atom stereocenters. The lowest BCUT2D eigenvalue weighted by Gasteiger charge is -2.31. The first-order chi connectivity index (χ1) is 15.5. The Morgan fingerprint density at radius 3 is 1.79 bits per heavy atom. The van der Waals surface area contributed by atoms with Gasteiger partial charge in [0.15, 0.2) is 0 Å². The quantitative estimate of drug-likeness (QED) is 0.683. The van der Waals surface area contributed by atoms with E-state index in [0.717, 1.165) is 0 Å². The topological polar surface area (TPSA) is 71.0 Å². The van der Waals surface area contributed by atoms with E-state index in [2.05, 4.69) is 5.32 Å².